The molecule has 1 saturated carbocycles. The van der Waals surface area contributed by atoms with Gasteiger partial charge in [0, 0.05) is 19.2 Å². The summed E-state index contributed by atoms with van der Waals surface area (Å²) in [6, 6.07) is 0.467. The Morgan fingerprint density at radius 1 is 1.40 bits per heavy atom. The van der Waals surface area contributed by atoms with E-state index in [0.717, 1.165) is 32.4 Å². The maximum Gasteiger partial charge on any atom is 0.233 e. The quantitative estimate of drug-likeness (QED) is 0.655. The smallest absolute Gasteiger partial charge is 0.233 e. The Labute approximate surface area is 91.8 Å². The Hall–Kier alpha value is -0.610. The highest BCUT2D eigenvalue weighted by Crippen LogP contribution is 2.22. The summed E-state index contributed by atoms with van der Waals surface area (Å²) in [4.78, 5) is 11.2. The molecule has 0 saturated heterocycles. The van der Waals surface area contributed by atoms with Gasteiger partial charge in [-0.15, -0.1) is 0 Å². The van der Waals surface area contributed by atoms with Crippen LogP contribution in [-0.2, 0) is 9.53 Å². The molecule has 1 aliphatic rings. The van der Waals surface area contributed by atoms with Gasteiger partial charge in [-0.3, -0.25) is 4.79 Å². The number of ether oxygens (including phenoxy) is 1. The van der Waals surface area contributed by atoms with Crippen molar-refractivity contribution in [1.29, 1.82) is 0 Å². The Kier molecular flexibility index (Phi) is 5.65. The van der Waals surface area contributed by atoms with Crippen molar-refractivity contribution in [2.75, 3.05) is 19.7 Å². The van der Waals surface area contributed by atoms with Crippen molar-refractivity contribution in [1.82, 2.24) is 10.6 Å². The standard InChI is InChI=1S/C11H22N2O2/c1-3-5-12-11(14)8-13-9-6-10(7-9)15-4-2/h9-10,13H,3-8H2,1-2H3,(H,12,14). The molecule has 0 bridgehead atoms. The molecule has 0 aliphatic heterocycles. The molecule has 88 valence electrons. The minimum Gasteiger partial charge on any atom is -0.378 e. The molecule has 0 atom stereocenters. The first-order valence-electron chi connectivity index (χ1n) is 5.88. The zero-order valence-electron chi connectivity index (χ0n) is 9.71. The van der Waals surface area contributed by atoms with Crippen LogP contribution in [0.5, 0.6) is 0 Å². The van der Waals surface area contributed by atoms with Crippen LogP contribution in [0.3, 0.4) is 0 Å². The van der Waals surface area contributed by atoms with E-state index in [1.165, 1.54) is 0 Å². The number of hydrogen-bond acceptors (Lipinski definition) is 3. The zero-order valence-corrected chi connectivity index (χ0v) is 9.71. The third-order valence-corrected chi connectivity index (χ3v) is 2.62. The fourth-order valence-electron chi connectivity index (χ4n) is 1.67. The van der Waals surface area contributed by atoms with E-state index in [4.69, 9.17) is 4.74 Å². The SMILES string of the molecule is CCCNC(=O)CNC1CC(OCC)C1. The molecule has 0 radical (unpaired) electrons. The molecule has 2 N–H and O–H groups in total. The summed E-state index contributed by atoms with van der Waals surface area (Å²) in [5.41, 5.74) is 0. The summed E-state index contributed by atoms with van der Waals surface area (Å²) in [5.74, 6) is 0.0942. The predicted molar refractivity (Wildman–Crippen MR) is 59.7 cm³/mol. The first-order valence-corrected chi connectivity index (χ1v) is 5.88. The van der Waals surface area contributed by atoms with Crippen molar-refractivity contribution >= 4 is 5.91 Å². The fraction of sp³-hybridized carbons (Fsp3) is 0.909. The van der Waals surface area contributed by atoms with E-state index in [-0.39, 0.29) is 5.91 Å². The lowest BCUT2D eigenvalue weighted by atomic mass is 9.89. The maximum absolute atomic E-state index is 11.2. The predicted octanol–water partition coefficient (Wildman–Crippen LogP) is 0.670. The van der Waals surface area contributed by atoms with Crippen LogP contribution in [0.2, 0.25) is 0 Å². The maximum atomic E-state index is 11.2. The number of hydrogen-bond donors (Lipinski definition) is 2. The van der Waals surface area contributed by atoms with Gasteiger partial charge in [0.05, 0.1) is 12.6 Å². The van der Waals surface area contributed by atoms with Gasteiger partial charge in [0.15, 0.2) is 0 Å². The summed E-state index contributed by atoms with van der Waals surface area (Å²) in [6.45, 7) is 6.05. The molecule has 1 amide bonds. The second-order valence-corrected chi connectivity index (χ2v) is 3.98. The lowest BCUT2D eigenvalue weighted by Crippen LogP contribution is -2.48. The first kappa shape index (κ1) is 12.5. The first-order chi connectivity index (χ1) is 7.26. The highest BCUT2D eigenvalue weighted by Gasteiger charge is 2.29. The van der Waals surface area contributed by atoms with Crippen LogP contribution in [0.4, 0.5) is 0 Å². The topological polar surface area (TPSA) is 50.4 Å². The average Bonchev–Trinajstić information content (AvgIpc) is 2.18. The van der Waals surface area contributed by atoms with Crippen LogP contribution in [0.25, 0.3) is 0 Å². The van der Waals surface area contributed by atoms with E-state index >= 15 is 0 Å². The van der Waals surface area contributed by atoms with Crippen LogP contribution in [-0.4, -0.2) is 37.7 Å². The molecule has 0 aromatic carbocycles. The Balaban J connectivity index is 1.96. The van der Waals surface area contributed by atoms with Crippen molar-refractivity contribution < 1.29 is 9.53 Å². The molecule has 0 spiro atoms. The van der Waals surface area contributed by atoms with E-state index < -0.39 is 0 Å². The number of amides is 1. The Morgan fingerprint density at radius 2 is 2.13 bits per heavy atom. The molecule has 0 aromatic rings. The fourth-order valence-corrected chi connectivity index (χ4v) is 1.67. The molecular weight excluding hydrogens is 192 g/mol. The largest absolute Gasteiger partial charge is 0.378 e. The monoisotopic (exact) mass is 214 g/mol. The normalized spacial score (nSPS) is 24.7. The van der Waals surface area contributed by atoms with Gasteiger partial charge in [-0.2, -0.15) is 0 Å². The second kappa shape index (κ2) is 6.80. The Bertz CT molecular complexity index is 191. The summed E-state index contributed by atoms with van der Waals surface area (Å²) in [5, 5.41) is 6.06. The highest BCUT2D eigenvalue weighted by atomic mass is 16.5. The van der Waals surface area contributed by atoms with E-state index in [2.05, 4.69) is 10.6 Å². The van der Waals surface area contributed by atoms with Gasteiger partial charge >= 0.3 is 0 Å². The van der Waals surface area contributed by atoms with Gasteiger partial charge in [0.1, 0.15) is 0 Å². The second-order valence-electron chi connectivity index (χ2n) is 3.98. The van der Waals surface area contributed by atoms with Crippen LogP contribution in [0, 0.1) is 0 Å². The van der Waals surface area contributed by atoms with Gasteiger partial charge in [-0.25, -0.2) is 0 Å². The zero-order chi connectivity index (χ0) is 11.1. The highest BCUT2D eigenvalue weighted by molar-refractivity contribution is 5.77. The molecule has 4 nitrogen and oxygen atoms in total. The molecule has 0 unspecified atom stereocenters. The van der Waals surface area contributed by atoms with Gasteiger partial charge in [0.2, 0.25) is 5.91 Å². The Morgan fingerprint density at radius 3 is 2.73 bits per heavy atom. The minimum atomic E-state index is 0.0942. The van der Waals surface area contributed by atoms with Crippen molar-refractivity contribution in [2.45, 2.75) is 45.3 Å². The summed E-state index contributed by atoms with van der Waals surface area (Å²) in [7, 11) is 0. The van der Waals surface area contributed by atoms with Crippen LogP contribution >= 0.6 is 0 Å². The average molecular weight is 214 g/mol. The van der Waals surface area contributed by atoms with E-state index in [1.54, 1.807) is 0 Å². The van der Waals surface area contributed by atoms with Crippen molar-refractivity contribution in [3.63, 3.8) is 0 Å². The van der Waals surface area contributed by atoms with E-state index in [9.17, 15) is 4.79 Å². The van der Waals surface area contributed by atoms with Gasteiger partial charge < -0.3 is 15.4 Å². The van der Waals surface area contributed by atoms with Crippen LogP contribution in [0.15, 0.2) is 0 Å². The minimum absolute atomic E-state index is 0.0942. The molecular formula is C11H22N2O2. The number of nitrogens with one attached hydrogen (secondary N) is 2. The van der Waals surface area contributed by atoms with Gasteiger partial charge in [0.25, 0.3) is 0 Å². The lowest BCUT2D eigenvalue weighted by Gasteiger charge is -2.35. The summed E-state index contributed by atoms with van der Waals surface area (Å²) < 4.78 is 5.44. The van der Waals surface area contributed by atoms with Crippen LogP contribution in [0.1, 0.15) is 33.1 Å². The third kappa shape index (κ3) is 4.62. The van der Waals surface area contributed by atoms with Gasteiger partial charge in [-0.1, -0.05) is 6.92 Å². The molecule has 1 aliphatic carbocycles. The summed E-state index contributed by atoms with van der Waals surface area (Å²) >= 11 is 0. The van der Waals surface area contributed by atoms with Crippen LogP contribution < -0.4 is 10.6 Å². The number of carbonyl (C=O) groups is 1. The molecule has 1 fully saturated rings. The van der Waals surface area contributed by atoms with Gasteiger partial charge in [-0.05, 0) is 26.2 Å². The molecule has 15 heavy (non-hydrogen) atoms. The van der Waals surface area contributed by atoms with Crippen molar-refractivity contribution in [3.8, 4) is 0 Å². The summed E-state index contributed by atoms with van der Waals surface area (Å²) in [6.07, 6.45) is 3.47. The molecule has 0 heterocycles. The molecule has 0 aromatic heterocycles. The number of carbonyl (C=O) groups excluding carboxylic acids is 1. The lowest BCUT2D eigenvalue weighted by molar-refractivity contribution is -0.120. The molecule has 1 rings (SSSR count). The van der Waals surface area contributed by atoms with Crippen molar-refractivity contribution in [3.05, 3.63) is 0 Å². The van der Waals surface area contributed by atoms with Crippen molar-refractivity contribution in [2.24, 2.45) is 0 Å². The third-order valence-electron chi connectivity index (χ3n) is 2.62. The van der Waals surface area contributed by atoms with E-state index in [0.29, 0.717) is 18.7 Å². The number of rotatable bonds is 7. The molecule has 4 heteroatoms. The van der Waals surface area contributed by atoms with E-state index in [1.807, 2.05) is 13.8 Å².